The molecule has 1 aliphatic heterocycles. The maximum Gasteiger partial charge on any atom is 0.273 e. The Morgan fingerprint density at radius 1 is 1.60 bits per heavy atom. The van der Waals surface area contributed by atoms with Crippen molar-refractivity contribution in [2.24, 2.45) is 0 Å². The van der Waals surface area contributed by atoms with E-state index in [2.05, 4.69) is 30.7 Å². The zero-order chi connectivity index (χ0) is 14.6. The predicted octanol–water partition coefficient (Wildman–Crippen LogP) is 1.39. The van der Waals surface area contributed by atoms with Crippen LogP contribution < -0.4 is 0 Å². The summed E-state index contributed by atoms with van der Waals surface area (Å²) in [6.07, 6.45) is 1.60. The Kier molecular flexibility index (Phi) is 4.69. The molecule has 0 atom stereocenters. The molecule has 2 heterocycles. The fourth-order valence-electron chi connectivity index (χ4n) is 2.15. The van der Waals surface area contributed by atoms with Crippen LogP contribution in [-0.2, 0) is 0 Å². The van der Waals surface area contributed by atoms with Gasteiger partial charge in [-0.25, -0.2) is 4.98 Å². The maximum atomic E-state index is 12.6. The highest BCUT2D eigenvalue weighted by molar-refractivity contribution is 8.00. The summed E-state index contributed by atoms with van der Waals surface area (Å²) in [5.41, 5.74) is 0.943. The van der Waals surface area contributed by atoms with Gasteiger partial charge in [0.05, 0.1) is 5.56 Å². The number of carbonyl (C=O) groups is 1. The number of amides is 1. The Labute approximate surface area is 123 Å². The zero-order valence-electron chi connectivity index (χ0n) is 11.7. The molecule has 20 heavy (non-hydrogen) atoms. The first kappa shape index (κ1) is 14.9. The topological polar surface area (TPSA) is 53.4 Å². The molecule has 1 aromatic heterocycles. The molecular formula is C15H18N2O2S. The summed E-state index contributed by atoms with van der Waals surface area (Å²) in [4.78, 5) is 18.6. The molecule has 0 saturated carbocycles. The second kappa shape index (κ2) is 6.29. The van der Waals surface area contributed by atoms with Gasteiger partial charge < -0.3 is 10.0 Å². The maximum absolute atomic E-state index is 12.6. The molecule has 2 rings (SSSR count). The first-order valence-corrected chi connectivity index (χ1v) is 7.50. The quantitative estimate of drug-likeness (QED) is 0.794. The fourth-order valence-corrected chi connectivity index (χ4v) is 3.26. The lowest BCUT2D eigenvalue weighted by Gasteiger charge is -2.37. The van der Waals surface area contributed by atoms with Gasteiger partial charge in [0.2, 0.25) is 0 Å². The summed E-state index contributed by atoms with van der Waals surface area (Å²) in [6.45, 7) is 5.50. The third kappa shape index (κ3) is 3.53. The standard InChI is InChI=1S/C15H18N2O2S/c1-15(2)11-17(8-10-20-15)14(19)13-12(6-4-9-18)5-3-7-16-13/h3,5,7,18H,8-11H2,1-2H3. The molecule has 106 valence electrons. The molecule has 1 fully saturated rings. The molecular weight excluding hydrogens is 272 g/mol. The highest BCUT2D eigenvalue weighted by atomic mass is 32.2. The van der Waals surface area contributed by atoms with Crippen LogP contribution in [0.25, 0.3) is 0 Å². The van der Waals surface area contributed by atoms with E-state index in [1.165, 1.54) is 0 Å². The molecule has 0 spiro atoms. The van der Waals surface area contributed by atoms with Gasteiger partial charge in [-0.2, -0.15) is 11.8 Å². The minimum Gasteiger partial charge on any atom is -0.384 e. The lowest BCUT2D eigenvalue weighted by molar-refractivity contribution is 0.0742. The summed E-state index contributed by atoms with van der Waals surface area (Å²) in [5, 5.41) is 8.78. The average Bonchev–Trinajstić information content (AvgIpc) is 2.43. The molecule has 4 nitrogen and oxygen atoms in total. The van der Waals surface area contributed by atoms with Gasteiger partial charge in [0, 0.05) is 29.8 Å². The molecule has 0 radical (unpaired) electrons. The van der Waals surface area contributed by atoms with E-state index in [4.69, 9.17) is 5.11 Å². The zero-order valence-corrected chi connectivity index (χ0v) is 12.5. The Hall–Kier alpha value is -1.51. The van der Waals surface area contributed by atoms with E-state index in [-0.39, 0.29) is 17.3 Å². The third-order valence-corrected chi connectivity index (χ3v) is 4.32. The normalized spacial score (nSPS) is 17.2. The summed E-state index contributed by atoms with van der Waals surface area (Å²) < 4.78 is 0.0691. The van der Waals surface area contributed by atoms with Gasteiger partial charge in [-0.1, -0.05) is 11.8 Å². The van der Waals surface area contributed by atoms with Crippen molar-refractivity contribution in [2.45, 2.75) is 18.6 Å². The highest BCUT2D eigenvalue weighted by Gasteiger charge is 2.31. The van der Waals surface area contributed by atoms with Crippen molar-refractivity contribution in [3.63, 3.8) is 0 Å². The number of nitrogens with zero attached hydrogens (tertiary/aromatic N) is 2. The predicted molar refractivity (Wildman–Crippen MR) is 80.6 cm³/mol. The van der Waals surface area contributed by atoms with E-state index in [1.54, 1.807) is 18.3 Å². The summed E-state index contributed by atoms with van der Waals surface area (Å²) in [7, 11) is 0. The molecule has 1 amide bonds. The number of carbonyl (C=O) groups excluding carboxylic acids is 1. The van der Waals surface area contributed by atoms with Crippen LogP contribution >= 0.6 is 11.8 Å². The van der Waals surface area contributed by atoms with E-state index in [9.17, 15) is 4.79 Å². The number of aliphatic hydroxyl groups excluding tert-OH is 1. The molecule has 0 aromatic carbocycles. The second-order valence-corrected chi connectivity index (χ2v) is 7.00. The Morgan fingerprint density at radius 2 is 2.40 bits per heavy atom. The van der Waals surface area contributed by atoms with Crippen molar-refractivity contribution in [1.29, 1.82) is 0 Å². The van der Waals surface area contributed by atoms with Gasteiger partial charge in [0.1, 0.15) is 12.3 Å². The van der Waals surface area contributed by atoms with Gasteiger partial charge in [-0.05, 0) is 26.0 Å². The first-order chi connectivity index (χ1) is 9.53. The number of hydrogen-bond donors (Lipinski definition) is 1. The van der Waals surface area contributed by atoms with Crippen LogP contribution in [0.3, 0.4) is 0 Å². The van der Waals surface area contributed by atoms with E-state index >= 15 is 0 Å². The first-order valence-electron chi connectivity index (χ1n) is 6.51. The second-order valence-electron chi connectivity index (χ2n) is 5.19. The average molecular weight is 290 g/mol. The van der Waals surface area contributed by atoms with Gasteiger partial charge >= 0.3 is 0 Å². The highest BCUT2D eigenvalue weighted by Crippen LogP contribution is 2.30. The Morgan fingerprint density at radius 3 is 3.10 bits per heavy atom. The fraction of sp³-hybridized carbons (Fsp3) is 0.467. The molecule has 1 saturated heterocycles. The lowest BCUT2D eigenvalue weighted by Crippen LogP contribution is -2.46. The van der Waals surface area contributed by atoms with Crippen LogP contribution in [0.1, 0.15) is 29.9 Å². The van der Waals surface area contributed by atoms with E-state index in [0.29, 0.717) is 17.8 Å². The number of hydrogen-bond acceptors (Lipinski definition) is 4. The number of pyridine rings is 1. The van der Waals surface area contributed by atoms with Crippen molar-refractivity contribution in [2.75, 3.05) is 25.4 Å². The molecule has 0 aliphatic carbocycles. The van der Waals surface area contributed by atoms with E-state index < -0.39 is 0 Å². The smallest absolute Gasteiger partial charge is 0.273 e. The monoisotopic (exact) mass is 290 g/mol. The minimum absolute atomic E-state index is 0.0691. The van der Waals surface area contributed by atoms with E-state index in [0.717, 1.165) is 12.3 Å². The van der Waals surface area contributed by atoms with Crippen LogP contribution in [0, 0.1) is 11.8 Å². The molecule has 0 unspecified atom stereocenters. The summed E-state index contributed by atoms with van der Waals surface area (Å²) in [6, 6.07) is 3.50. The summed E-state index contributed by atoms with van der Waals surface area (Å²) >= 11 is 1.88. The van der Waals surface area contributed by atoms with Crippen molar-refractivity contribution in [1.82, 2.24) is 9.88 Å². The van der Waals surface area contributed by atoms with Crippen molar-refractivity contribution < 1.29 is 9.90 Å². The van der Waals surface area contributed by atoms with Crippen molar-refractivity contribution >= 4 is 17.7 Å². The number of thioether (sulfide) groups is 1. The lowest BCUT2D eigenvalue weighted by atomic mass is 10.1. The molecule has 1 aromatic rings. The van der Waals surface area contributed by atoms with E-state index in [1.807, 2.05) is 16.7 Å². The van der Waals surface area contributed by atoms with Crippen molar-refractivity contribution in [3.8, 4) is 11.8 Å². The van der Waals surface area contributed by atoms with Gasteiger partial charge in [-0.15, -0.1) is 0 Å². The largest absolute Gasteiger partial charge is 0.384 e. The molecule has 0 bridgehead atoms. The summed E-state index contributed by atoms with van der Waals surface area (Å²) in [5.74, 6) is 6.21. The van der Waals surface area contributed by atoms with Crippen LogP contribution in [0.2, 0.25) is 0 Å². The SMILES string of the molecule is CC1(C)CN(C(=O)c2ncccc2C#CCO)CCS1. The number of aromatic nitrogens is 1. The van der Waals surface area contributed by atoms with Crippen molar-refractivity contribution in [3.05, 3.63) is 29.6 Å². The third-order valence-electron chi connectivity index (χ3n) is 3.03. The van der Waals surface area contributed by atoms with Gasteiger partial charge in [0.15, 0.2) is 0 Å². The van der Waals surface area contributed by atoms with Crippen LogP contribution in [0.4, 0.5) is 0 Å². The number of aliphatic hydroxyl groups is 1. The van der Waals surface area contributed by atoms with Crippen LogP contribution in [0.5, 0.6) is 0 Å². The Bertz CT molecular complexity index is 560. The van der Waals surface area contributed by atoms with Crippen LogP contribution in [0.15, 0.2) is 18.3 Å². The van der Waals surface area contributed by atoms with Crippen LogP contribution in [-0.4, -0.2) is 51.1 Å². The Balaban J connectivity index is 2.25. The molecule has 1 aliphatic rings. The molecule has 1 N–H and O–H groups in total. The van der Waals surface area contributed by atoms with Gasteiger partial charge in [-0.3, -0.25) is 4.79 Å². The molecule has 5 heteroatoms. The number of rotatable bonds is 1. The van der Waals surface area contributed by atoms with Gasteiger partial charge in [0.25, 0.3) is 5.91 Å². The minimum atomic E-state index is -0.226.